The minimum atomic E-state index is -0.471. The molecule has 3 aromatic rings. The molecule has 154 valence electrons. The molecule has 0 atom stereocenters. The molecule has 0 aliphatic carbocycles. The molecule has 4 rings (SSSR count). The van der Waals surface area contributed by atoms with E-state index in [2.05, 4.69) is 5.32 Å². The second-order valence-corrected chi connectivity index (χ2v) is 7.04. The van der Waals surface area contributed by atoms with Crippen molar-refractivity contribution in [2.75, 3.05) is 13.2 Å². The molecule has 0 bridgehead atoms. The Morgan fingerprint density at radius 1 is 1.07 bits per heavy atom. The first-order chi connectivity index (χ1) is 14.5. The molecule has 0 radical (unpaired) electrons. The molecule has 1 N–H and O–H groups in total. The average molecular weight is 408 g/mol. The molecule has 1 amide bonds. The Kier molecular flexibility index (Phi) is 5.52. The number of hydrogen-bond acceptors (Lipinski definition) is 4. The van der Waals surface area contributed by atoms with Crippen LogP contribution in [0.1, 0.15) is 27.9 Å². The van der Waals surface area contributed by atoms with Gasteiger partial charge >= 0.3 is 0 Å². The van der Waals surface area contributed by atoms with E-state index in [0.29, 0.717) is 36.0 Å². The molecular formula is C23H21FN2O4. The van der Waals surface area contributed by atoms with E-state index in [1.54, 1.807) is 19.2 Å². The van der Waals surface area contributed by atoms with Crippen molar-refractivity contribution in [3.63, 3.8) is 0 Å². The van der Waals surface area contributed by atoms with Crippen LogP contribution in [-0.4, -0.2) is 23.7 Å². The summed E-state index contributed by atoms with van der Waals surface area (Å²) in [6.07, 6.45) is 2.39. The molecule has 1 aromatic heterocycles. The first-order valence-corrected chi connectivity index (χ1v) is 9.68. The van der Waals surface area contributed by atoms with Gasteiger partial charge in [-0.25, -0.2) is 4.39 Å². The van der Waals surface area contributed by atoms with Crippen LogP contribution in [0.4, 0.5) is 4.39 Å². The van der Waals surface area contributed by atoms with Crippen molar-refractivity contribution in [1.29, 1.82) is 0 Å². The number of aryl methyl sites for hydroxylation is 1. The van der Waals surface area contributed by atoms with Gasteiger partial charge in [-0.2, -0.15) is 0 Å². The van der Waals surface area contributed by atoms with Crippen molar-refractivity contribution in [3.8, 4) is 17.2 Å². The Morgan fingerprint density at radius 3 is 2.57 bits per heavy atom. The number of carbonyl (C=O) groups is 1. The first kappa shape index (κ1) is 19.7. The quantitative estimate of drug-likeness (QED) is 0.719. The number of halogens is 1. The number of nitrogens with zero attached hydrogens (tertiary/aromatic N) is 1. The lowest BCUT2D eigenvalue weighted by atomic mass is 10.1. The maximum Gasteiger partial charge on any atom is 0.268 e. The van der Waals surface area contributed by atoms with Gasteiger partial charge in [0, 0.05) is 24.8 Å². The third-order valence-electron chi connectivity index (χ3n) is 4.90. The number of ether oxygens (including phenoxy) is 2. The molecular weight excluding hydrogens is 387 g/mol. The molecule has 7 heteroatoms. The first-order valence-electron chi connectivity index (χ1n) is 9.68. The van der Waals surface area contributed by atoms with Crippen LogP contribution in [0.5, 0.6) is 11.5 Å². The van der Waals surface area contributed by atoms with Crippen molar-refractivity contribution in [2.24, 2.45) is 0 Å². The highest BCUT2D eigenvalue weighted by molar-refractivity contribution is 5.95. The monoisotopic (exact) mass is 408 g/mol. The fraction of sp³-hybridized carbons (Fsp3) is 0.217. The van der Waals surface area contributed by atoms with Crippen LogP contribution >= 0.6 is 0 Å². The van der Waals surface area contributed by atoms with Crippen LogP contribution in [0.2, 0.25) is 0 Å². The van der Waals surface area contributed by atoms with Crippen LogP contribution in [0.15, 0.2) is 59.5 Å². The number of benzene rings is 2. The maximum absolute atomic E-state index is 13.2. The van der Waals surface area contributed by atoms with Crippen LogP contribution < -0.4 is 20.3 Å². The summed E-state index contributed by atoms with van der Waals surface area (Å²) in [6.45, 7) is 3.13. The molecule has 2 aromatic carbocycles. The van der Waals surface area contributed by atoms with E-state index in [1.165, 1.54) is 28.8 Å². The van der Waals surface area contributed by atoms with Crippen LogP contribution in [0, 0.1) is 12.7 Å². The van der Waals surface area contributed by atoms with Gasteiger partial charge in [0.25, 0.3) is 11.5 Å². The summed E-state index contributed by atoms with van der Waals surface area (Å²) in [5.41, 5.74) is 1.47. The van der Waals surface area contributed by atoms with Gasteiger partial charge < -0.3 is 14.8 Å². The molecule has 0 saturated carbocycles. The van der Waals surface area contributed by atoms with Crippen molar-refractivity contribution in [2.45, 2.75) is 19.9 Å². The number of carbonyl (C=O) groups excluding carboxylic acids is 1. The number of rotatable bonds is 4. The number of amides is 1. The zero-order chi connectivity index (χ0) is 21.1. The van der Waals surface area contributed by atoms with E-state index < -0.39 is 17.3 Å². The third kappa shape index (κ3) is 4.05. The highest BCUT2D eigenvalue weighted by Gasteiger charge is 2.17. The summed E-state index contributed by atoms with van der Waals surface area (Å²) in [7, 11) is 0. The highest BCUT2D eigenvalue weighted by Crippen LogP contribution is 2.30. The van der Waals surface area contributed by atoms with Gasteiger partial charge in [-0.05, 0) is 60.5 Å². The lowest BCUT2D eigenvalue weighted by molar-refractivity contribution is 0.0948. The fourth-order valence-corrected chi connectivity index (χ4v) is 3.30. The van der Waals surface area contributed by atoms with Crippen LogP contribution in [0.25, 0.3) is 5.69 Å². The number of hydrogen-bond donors (Lipinski definition) is 1. The van der Waals surface area contributed by atoms with Gasteiger partial charge in [-0.1, -0.05) is 6.07 Å². The smallest absolute Gasteiger partial charge is 0.268 e. The molecule has 0 saturated heterocycles. The normalized spacial score (nSPS) is 12.9. The number of pyridine rings is 1. The summed E-state index contributed by atoms with van der Waals surface area (Å²) in [4.78, 5) is 25.7. The van der Waals surface area contributed by atoms with Crippen molar-refractivity contribution < 1.29 is 18.7 Å². The summed E-state index contributed by atoms with van der Waals surface area (Å²) in [6, 6.07) is 12.7. The second kappa shape index (κ2) is 8.41. The highest BCUT2D eigenvalue weighted by atomic mass is 19.1. The molecule has 30 heavy (non-hydrogen) atoms. The zero-order valence-corrected chi connectivity index (χ0v) is 16.5. The van der Waals surface area contributed by atoms with E-state index in [0.717, 1.165) is 12.0 Å². The predicted octanol–water partition coefficient (Wildman–Crippen LogP) is 3.38. The summed E-state index contributed by atoms with van der Waals surface area (Å²) < 4.78 is 25.8. The molecule has 1 aliphatic heterocycles. The summed E-state index contributed by atoms with van der Waals surface area (Å²) in [5.74, 6) is 0.463. The molecule has 0 spiro atoms. The Morgan fingerprint density at radius 2 is 1.80 bits per heavy atom. The Bertz CT molecular complexity index is 1140. The summed E-state index contributed by atoms with van der Waals surface area (Å²) >= 11 is 0. The number of fused-ring (bicyclic) bond motifs is 1. The Hall–Kier alpha value is -3.61. The van der Waals surface area contributed by atoms with Gasteiger partial charge in [0.2, 0.25) is 0 Å². The topological polar surface area (TPSA) is 69.6 Å². The van der Waals surface area contributed by atoms with E-state index in [1.807, 2.05) is 18.2 Å². The van der Waals surface area contributed by atoms with Gasteiger partial charge in [0.1, 0.15) is 11.4 Å². The minimum absolute atomic E-state index is 0.0520. The van der Waals surface area contributed by atoms with Crippen molar-refractivity contribution in [3.05, 3.63) is 87.6 Å². The number of aromatic nitrogens is 1. The molecule has 6 nitrogen and oxygen atoms in total. The van der Waals surface area contributed by atoms with E-state index in [9.17, 15) is 14.0 Å². The van der Waals surface area contributed by atoms with Gasteiger partial charge in [0.15, 0.2) is 11.5 Å². The Balaban J connectivity index is 1.55. The maximum atomic E-state index is 13.2. The fourth-order valence-electron chi connectivity index (χ4n) is 3.30. The molecule has 2 heterocycles. The molecule has 1 aliphatic rings. The predicted molar refractivity (Wildman–Crippen MR) is 110 cm³/mol. The largest absolute Gasteiger partial charge is 0.490 e. The van der Waals surface area contributed by atoms with Crippen LogP contribution in [0.3, 0.4) is 0 Å². The minimum Gasteiger partial charge on any atom is -0.490 e. The van der Waals surface area contributed by atoms with E-state index in [-0.39, 0.29) is 12.1 Å². The van der Waals surface area contributed by atoms with Crippen molar-refractivity contribution in [1.82, 2.24) is 9.88 Å². The average Bonchev–Trinajstić information content (AvgIpc) is 2.98. The zero-order valence-electron chi connectivity index (χ0n) is 16.5. The summed E-state index contributed by atoms with van der Waals surface area (Å²) in [5, 5.41) is 2.80. The van der Waals surface area contributed by atoms with Gasteiger partial charge in [-0.3, -0.25) is 14.2 Å². The SMILES string of the molecule is Cc1ccn(-c2ccc(F)cc2)c(=O)c1C(=O)NCc1ccc2c(c1)OCCCO2. The molecule has 0 fully saturated rings. The van der Waals surface area contributed by atoms with Crippen LogP contribution in [-0.2, 0) is 6.54 Å². The van der Waals surface area contributed by atoms with E-state index >= 15 is 0 Å². The van der Waals surface area contributed by atoms with Crippen molar-refractivity contribution >= 4 is 5.91 Å². The number of nitrogens with one attached hydrogen (secondary N) is 1. The second-order valence-electron chi connectivity index (χ2n) is 7.04. The van der Waals surface area contributed by atoms with E-state index in [4.69, 9.17) is 9.47 Å². The lowest BCUT2D eigenvalue weighted by Gasteiger charge is -2.12. The lowest BCUT2D eigenvalue weighted by Crippen LogP contribution is -2.33. The third-order valence-corrected chi connectivity index (χ3v) is 4.90. The molecule has 0 unspecified atom stereocenters. The standard InChI is InChI=1S/C23H21FN2O4/c1-15-9-10-26(18-6-4-17(24)5-7-18)23(28)21(15)22(27)25-14-16-3-8-19-20(13-16)30-12-2-11-29-19/h3-10,13H,2,11-12,14H2,1H3,(H,25,27). The van der Waals surface area contributed by atoms with Gasteiger partial charge in [-0.15, -0.1) is 0 Å². The van der Waals surface area contributed by atoms with Gasteiger partial charge in [0.05, 0.1) is 13.2 Å². The Labute approximate surface area is 172 Å².